The van der Waals surface area contributed by atoms with Crippen LogP contribution in [0.15, 0.2) is 101 Å². The van der Waals surface area contributed by atoms with E-state index < -0.39 is 23.6 Å². The van der Waals surface area contributed by atoms with Gasteiger partial charge >= 0.3 is 5.97 Å². The molecule has 5 rings (SSSR count). The van der Waals surface area contributed by atoms with Crippen molar-refractivity contribution in [3.05, 3.63) is 119 Å². The summed E-state index contributed by atoms with van der Waals surface area (Å²) in [6.07, 6.45) is 0.868. The number of Topliss-reactive ketones (excluding diaryl/α,β-unsaturated/α-hetero) is 1. The van der Waals surface area contributed by atoms with Crippen molar-refractivity contribution in [1.82, 2.24) is 0 Å². The number of halogens is 1. The summed E-state index contributed by atoms with van der Waals surface area (Å²) in [7, 11) is 0. The SMILES string of the molecule is CC1=NC2=C(C(=O)CC(c3ccccc3)C2)C(c2ccccc2F)C1C(=O)OCc1ccccc1. The lowest BCUT2D eigenvalue weighted by Gasteiger charge is -2.36. The molecule has 0 N–H and O–H groups in total. The molecule has 0 bridgehead atoms. The van der Waals surface area contributed by atoms with E-state index in [4.69, 9.17) is 9.73 Å². The van der Waals surface area contributed by atoms with Crippen molar-refractivity contribution < 1.29 is 18.7 Å². The Bertz CT molecular complexity index is 1310. The average molecular weight is 468 g/mol. The van der Waals surface area contributed by atoms with Crippen molar-refractivity contribution in [2.75, 3.05) is 0 Å². The summed E-state index contributed by atoms with van der Waals surface area (Å²) in [6, 6.07) is 25.6. The third kappa shape index (κ3) is 4.59. The third-order valence-electron chi connectivity index (χ3n) is 6.88. The van der Waals surface area contributed by atoms with Crippen LogP contribution in [0.1, 0.15) is 48.3 Å². The van der Waals surface area contributed by atoms with Gasteiger partial charge in [0.1, 0.15) is 18.3 Å². The fourth-order valence-electron chi connectivity index (χ4n) is 5.21. The van der Waals surface area contributed by atoms with Gasteiger partial charge in [-0.05, 0) is 42.0 Å². The van der Waals surface area contributed by atoms with Gasteiger partial charge in [-0.2, -0.15) is 0 Å². The van der Waals surface area contributed by atoms with Crippen LogP contribution >= 0.6 is 0 Å². The highest BCUT2D eigenvalue weighted by atomic mass is 19.1. The maximum Gasteiger partial charge on any atom is 0.315 e. The topological polar surface area (TPSA) is 55.7 Å². The molecule has 2 aliphatic rings. The molecule has 3 aromatic carbocycles. The second kappa shape index (κ2) is 9.79. The van der Waals surface area contributed by atoms with Gasteiger partial charge in [-0.1, -0.05) is 78.9 Å². The third-order valence-corrected chi connectivity index (χ3v) is 6.88. The summed E-state index contributed by atoms with van der Waals surface area (Å²) in [4.78, 5) is 31.7. The number of carbonyl (C=O) groups excluding carboxylic acids is 2. The van der Waals surface area contributed by atoms with E-state index in [1.165, 1.54) is 6.07 Å². The average Bonchev–Trinajstić information content (AvgIpc) is 2.88. The Morgan fingerprint density at radius 2 is 1.60 bits per heavy atom. The summed E-state index contributed by atoms with van der Waals surface area (Å²) in [5, 5.41) is 0. The lowest BCUT2D eigenvalue weighted by atomic mass is 9.69. The van der Waals surface area contributed by atoms with E-state index >= 15 is 4.39 Å². The van der Waals surface area contributed by atoms with Gasteiger partial charge < -0.3 is 4.74 Å². The molecule has 3 aromatic rings. The molecule has 176 valence electrons. The summed E-state index contributed by atoms with van der Waals surface area (Å²) in [6.45, 7) is 1.87. The first-order chi connectivity index (χ1) is 17.0. The zero-order valence-corrected chi connectivity index (χ0v) is 19.5. The van der Waals surface area contributed by atoms with Crippen molar-refractivity contribution in [3.63, 3.8) is 0 Å². The summed E-state index contributed by atoms with van der Waals surface area (Å²) in [5.41, 5.74) is 3.88. The summed E-state index contributed by atoms with van der Waals surface area (Å²) < 4.78 is 20.7. The predicted molar refractivity (Wildman–Crippen MR) is 132 cm³/mol. The van der Waals surface area contributed by atoms with Gasteiger partial charge in [0.25, 0.3) is 0 Å². The van der Waals surface area contributed by atoms with Gasteiger partial charge in [-0.15, -0.1) is 0 Å². The number of ketones is 1. The number of allylic oxidation sites excluding steroid dienone is 2. The minimum Gasteiger partial charge on any atom is -0.460 e. The Kier molecular flexibility index (Phi) is 6.41. The van der Waals surface area contributed by atoms with Gasteiger partial charge in [-0.25, -0.2) is 4.39 Å². The maximum absolute atomic E-state index is 15.1. The fraction of sp³-hybridized carbons (Fsp3) is 0.233. The van der Waals surface area contributed by atoms with Crippen molar-refractivity contribution >= 4 is 17.5 Å². The number of esters is 1. The Balaban J connectivity index is 1.52. The monoisotopic (exact) mass is 467 g/mol. The molecule has 0 amide bonds. The molecule has 1 aliphatic carbocycles. The van der Waals surface area contributed by atoms with Gasteiger partial charge in [0.2, 0.25) is 0 Å². The first-order valence-electron chi connectivity index (χ1n) is 11.8. The molecule has 3 unspecified atom stereocenters. The second-order valence-electron chi connectivity index (χ2n) is 9.12. The van der Waals surface area contributed by atoms with Crippen LogP contribution < -0.4 is 0 Å². The molecule has 0 fully saturated rings. The first kappa shape index (κ1) is 22.9. The van der Waals surface area contributed by atoms with E-state index in [1.54, 1.807) is 25.1 Å². The fourth-order valence-corrected chi connectivity index (χ4v) is 5.21. The normalized spacial score (nSPS) is 21.8. The summed E-state index contributed by atoms with van der Waals surface area (Å²) in [5.74, 6) is -2.68. The van der Waals surface area contributed by atoms with Crippen molar-refractivity contribution in [2.24, 2.45) is 10.9 Å². The van der Waals surface area contributed by atoms with E-state index in [0.717, 1.165) is 11.1 Å². The maximum atomic E-state index is 15.1. The van der Waals surface area contributed by atoms with Gasteiger partial charge in [-0.3, -0.25) is 14.6 Å². The van der Waals surface area contributed by atoms with Crippen LogP contribution in [0.3, 0.4) is 0 Å². The molecule has 0 radical (unpaired) electrons. The summed E-state index contributed by atoms with van der Waals surface area (Å²) >= 11 is 0. The highest BCUT2D eigenvalue weighted by molar-refractivity contribution is 6.09. The first-order valence-corrected chi connectivity index (χ1v) is 11.8. The number of carbonyl (C=O) groups is 2. The zero-order valence-electron chi connectivity index (χ0n) is 19.5. The number of hydrogen-bond acceptors (Lipinski definition) is 4. The van der Waals surface area contributed by atoms with E-state index in [1.807, 2.05) is 60.7 Å². The molecule has 35 heavy (non-hydrogen) atoms. The lowest BCUT2D eigenvalue weighted by molar-refractivity contribution is -0.148. The number of benzene rings is 3. The molecule has 0 saturated carbocycles. The number of rotatable bonds is 5. The highest BCUT2D eigenvalue weighted by Gasteiger charge is 2.45. The molecule has 0 aromatic heterocycles. The van der Waals surface area contributed by atoms with Crippen molar-refractivity contribution in [3.8, 4) is 0 Å². The molecule has 3 atom stereocenters. The molecule has 5 heteroatoms. The highest BCUT2D eigenvalue weighted by Crippen LogP contribution is 2.47. The van der Waals surface area contributed by atoms with E-state index in [9.17, 15) is 9.59 Å². The van der Waals surface area contributed by atoms with Crippen LogP contribution in [-0.2, 0) is 20.9 Å². The standard InChI is InChI=1S/C30H26FNO3/c1-19-27(30(34)35-18-20-10-4-2-5-11-20)28(23-14-8-9-15-24(23)31)29-25(32-19)16-22(17-26(29)33)21-12-6-3-7-13-21/h2-15,22,27-28H,16-18H2,1H3. The van der Waals surface area contributed by atoms with E-state index in [0.29, 0.717) is 35.4 Å². The number of nitrogens with zero attached hydrogens (tertiary/aromatic N) is 1. The van der Waals surface area contributed by atoms with E-state index in [-0.39, 0.29) is 18.3 Å². The zero-order chi connectivity index (χ0) is 24.4. The van der Waals surface area contributed by atoms with Gasteiger partial charge in [0, 0.05) is 29.3 Å². The quantitative estimate of drug-likeness (QED) is 0.423. The Labute approximate surface area is 204 Å². The van der Waals surface area contributed by atoms with Crippen LogP contribution in [0.25, 0.3) is 0 Å². The van der Waals surface area contributed by atoms with Crippen molar-refractivity contribution in [1.29, 1.82) is 0 Å². The number of hydrogen-bond donors (Lipinski definition) is 0. The van der Waals surface area contributed by atoms with Crippen LogP contribution in [0.4, 0.5) is 4.39 Å². The molecule has 1 heterocycles. The molecule has 1 aliphatic heterocycles. The van der Waals surface area contributed by atoms with Crippen LogP contribution in [0.5, 0.6) is 0 Å². The number of ether oxygens (including phenoxy) is 1. The molecule has 0 spiro atoms. The van der Waals surface area contributed by atoms with Gasteiger partial charge in [0.15, 0.2) is 5.78 Å². The van der Waals surface area contributed by atoms with Crippen LogP contribution in [0, 0.1) is 11.7 Å². The Hall–Kier alpha value is -3.86. The Morgan fingerprint density at radius 3 is 2.31 bits per heavy atom. The van der Waals surface area contributed by atoms with Crippen LogP contribution in [0.2, 0.25) is 0 Å². The number of aliphatic imine (C=N–C) groups is 1. The lowest BCUT2D eigenvalue weighted by Crippen LogP contribution is -2.38. The van der Waals surface area contributed by atoms with Crippen molar-refractivity contribution in [2.45, 2.75) is 38.2 Å². The largest absolute Gasteiger partial charge is 0.460 e. The van der Waals surface area contributed by atoms with Crippen LogP contribution in [-0.4, -0.2) is 17.5 Å². The van der Waals surface area contributed by atoms with E-state index in [2.05, 4.69) is 0 Å². The molecular weight excluding hydrogens is 441 g/mol. The minimum absolute atomic E-state index is 0.00172. The van der Waals surface area contributed by atoms with Gasteiger partial charge in [0.05, 0.1) is 0 Å². The smallest absolute Gasteiger partial charge is 0.315 e. The second-order valence-corrected chi connectivity index (χ2v) is 9.12. The molecular formula is C30H26FNO3. The molecule has 0 saturated heterocycles. The Morgan fingerprint density at radius 1 is 0.943 bits per heavy atom. The predicted octanol–water partition coefficient (Wildman–Crippen LogP) is 6.14. The molecule has 4 nitrogen and oxygen atoms in total. The minimum atomic E-state index is -0.869.